The summed E-state index contributed by atoms with van der Waals surface area (Å²) in [7, 11) is 0. The summed E-state index contributed by atoms with van der Waals surface area (Å²) in [4.78, 5) is 0. The Balaban J connectivity index is 0.000000639. The summed E-state index contributed by atoms with van der Waals surface area (Å²) in [6, 6.07) is 17.6. The van der Waals surface area contributed by atoms with Crippen LogP contribution in [-0.2, 0) is 26.2 Å². The second kappa shape index (κ2) is 21.7. The summed E-state index contributed by atoms with van der Waals surface area (Å²) < 4.78 is 0. The molecule has 1 radical (unpaired) electrons. The van der Waals surface area contributed by atoms with Crippen LogP contribution in [0.1, 0.15) is 82.6 Å². The third-order valence-corrected chi connectivity index (χ3v) is 6.15. The number of benzene rings is 2. The number of hydrogen-bond donors (Lipinski definition) is 0. The number of hydrogen-bond acceptors (Lipinski definition) is 0. The molecular weight excluding hydrogens is 518 g/mol. The van der Waals surface area contributed by atoms with E-state index in [9.17, 15) is 0 Å². The van der Waals surface area contributed by atoms with Crippen molar-refractivity contribution in [3.05, 3.63) is 98.9 Å². The third kappa shape index (κ3) is 11.8. The Hall–Kier alpha value is -1.32. The quantitative estimate of drug-likeness (QED) is 0.306. The summed E-state index contributed by atoms with van der Waals surface area (Å²) in [5.41, 5.74) is 5.75. The summed E-state index contributed by atoms with van der Waals surface area (Å²) in [6.07, 6.45) is 9.32. The van der Waals surface area contributed by atoms with Crippen molar-refractivity contribution >= 4 is 12.2 Å². The summed E-state index contributed by atoms with van der Waals surface area (Å²) in [6.45, 7) is 20.5. The van der Waals surface area contributed by atoms with Gasteiger partial charge < -0.3 is 16.0 Å². The van der Waals surface area contributed by atoms with Crippen molar-refractivity contribution in [1.82, 2.24) is 0 Å². The molecule has 4 heteroatoms. The molecule has 0 aromatic heterocycles. The summed E-state index contributed by atoms with van der Waals surface area (Å²) in [5.74, 6) is 1.66. The van der Waals surface area contributed by atoms with Gasteiger partial charge >= 0.3 is 26.2 Å². The fraction of sp³-hybridized carbons (Fsp3) is 0.500. The van der Waals surface area contributed by atoms with Gasteiger partial charge in [0.25, 0.3) is 0 Å². The molecule has 0 saturated heterocycles. The molecule has 0 saturated carbocycles. The van der Waals surface area contributed by atoms with Gasteiger partial charge in [-0.05, 0) is 28.2 Å². The first-order chi connectivity index (χ1) is 17.1. The van der Waals surface area contributed by atoms with E-state index in [-0.39, 0.29) is 26.2 Å². The number of nitrogens with zero attached hydrogens (tertiary/aromatic N) is 3. The maximum absolute atomic E-state index is 3.97. The van der Waals surface area contributed by atoms with Crippen LogP contribution >= 0.6 is 0 Å². The van der Waals surface area contributed by atoms with Crippen LogP contribution in [-0.4, -0.2) is 39.3 Å². The van der Waals surface area contributed by atoms with Crippen LogP contribution in [0.4, 0.5) is 0 Å². The van der Waals surface area contributed by atoms with E-state index in [4.69, 9.17) is 0 Å². The molecule has 0 heterocycles. The van der Waals surface area contributed by atoms with E-state index >= 15 is 0 Å². The molecule has 2 aromatic carbocycles. The van der Waals surface area contributed by atoms with E-state index in [1.54, 1.807) is 0 Å². The predicted molar refractivity (Wildman–Crippen MR) is 159 cm³/mol. The predicted octanol–water partition coefficient (Wildman–Crippen LogP) is 9.44. The average Bonchev–Trinajstić information content (AvgIpc) is 3.51. The van der Waals surface area contributed by atoms with Gasteiger partial charge in [0.05, 0.1) is 0 Å². The molecule has 0 fully saturated rings. The largest absolute Gasteiger partial charge is 3.00 e. The molecule has 0 spiro atoms. The molecule has 4 rings (SSSR count). The first kappa shape index (κ1) is 34.7. The van der Waals surface area contributed by atoms with Gasteiger partial charge in [0.2, 0.25) is 0 Å². The molecule has 0 N–H and O–H groups in total. The van der Waals surface area contributed by atoms with Gasteiger partial charge in [-0.1, -0.05) is 121 Å². The fourth-order valence-electron chi connectivity index (χ4n) is 4.37. The van der Waals surface area contributed by atoms with Crippen molar-refractivity contribution in [2.75, 3.05) is 39.3 Å². The van der Waals surface area contributed by atoms with Gasteiger partial charge in [0.1, 0.15) is 0 Å². The van der Waals surface area contributed by atoms with Crippen LogP contribution in [0, 0.1) is 5.92 Å². The van der Waals surface area contributed by atoms with Crippen LogP contribution in [0.2, 0.25) is 0 Å². The molecule has 2 aromatic rings. The fourth-order valence-corrected chi connectivity index (χ4v) is 4.37. The Morgan fingerprint density at radius 2 is 0.861 bits per heavy atom. The number of fused-ring (bicyclic) bond motifs is 2. The van der Waals surface area contributed by atoms with Gasteiger partial charge in [-0.2, -0.15) is 39.3 Å². The zero-order chi connectivity index (χ0) is 25.9. The second-order valence-corrected chi connectivity index (χ2v) is 8.45. The zero-order valence-electron chi connectivity index (χ0n) is 23.7. The normalized spacial score (nSPS) is 16.6. The van der Waals surface area contributed by atoms with Crippen LogP contribution < -0.4 is 0 Å². The summed E-state index contributed by atoms with van der Waals surface area (Å²) in [5, 5.41) is 11.9. The monoisotopic (exact) mass is 564 g/mol. The first-order valence-electron chi connectivity index (χ1n) is 13.5. The summed E-state index contributed by atoms with van der Waals surface area (Å²) >= 11 is 0. The van der Waals surface area contributed by atoms with Crippen molar-refractivity contribution in [1.29, 1.82) is 0 Å². The molecule has 195 valence electrons. The molecule has 2 unspecified atom stereocenters. The minimum Gasteiger partial charge on any atom is -0.663 e. The molecular formula is C32H48N3Zr. The van der Waals surface area contributed by atoms with Crippen molar-refractivity contribution in [2.24, 2.45) is 5.92 Å². The second-order valence-electron chi connectivity index (χ2n) is 8.45. The van der Waals surface area contributed by atoms with Crippen LogP contribution in [0.15, 0.2) is 60.7 Å². The SMILES string of the molecule is CC(C1C=Cc2ccccc21)C1C=Cc2ccccc21.CC[N-]CC.CC[N-]CC.CC[N-]CC.[Zr+3]. The molecule has 2 aliphatic rings. The van der Waals surface area contributed by atoms with Crippen molar-refractivity contribution in [3.8, 4) is 0 Å². The van der Waals surface area contributed by atoms with Gasteiger partial charge in [-0.15, -0.1) is 0 Å². The van der Waals surface area contributed by atoms with Gasteiger partial charge in [-0.3, -0.25) is 0 Å². The van der Waals surface area contributed by atoms with E-state index in [1.807, 2.05) is 41.5 Å². The van der Waals surface area contributed by atoms with E-state index in [0.29, 0.717) is 17.8 Å². The first-order valence-corrected chi connectivity index (χ1v) is 13.5. The van der Waals surface area contributed by atoms with E-state index in [2.05, 4.69) is 95.7 Å². The van der Waals surface area contributed by atoms with Gasteiger partial charge in [0.15, 0.2) is 0 Å². The van der Waals surface area contributed by atoms with Crippen molar-refractivity contribution < 1.29 is 26.2 Å². The van der Waals surface area contributed by atoms with Gasteiger partial charge in [0, 0.05) is 11.8 Å². The number of allylic oxidation sites excluding steroid dienone is 2. The third-order valence-electron chi connectivity index (χ3n) is 6.15. The molecule has 0 bridgehead atoms. The minimum absolute atomic E-state index is 0. The van der Waals surface area contributed by atoms with Crippen LogP contribution in [0.5, 0.6) is 0 Å². The molecule has 2 aliphatic carbocycles. The standard InChI is InChI=1S/C20H18.3C4H10N.Zr/c1-14(17-12-10-15-6-2-4-8-19(15)17)18-13-11-16-7-3-5-9-20(16)18;3*1-3-5-4-2;/h2-14,17-18H,1H3;3*3-4H2,1-2H3;/q;3*-1;+3. The van der Waals surface area contributed by atoms with Crippen LogP contribution in [0.3, 0.4) is 0 Å². The van der Waals surface area contributed by atoms with Gasteiger partial charge in [-0.25, -0.2) is 0 Å². The van der Waals surface area contributed by atoms with E-state index in [0.717, 1.165) is 39.3 Å². The smallest absolute Gasteiger partial charge is 0.663 e. The Morgan fingerprint density at radius 1 is 0.556 bits per heavy atom. The molecule has 36 heavy (non-hydrogen) atoms. The Kier molecular flexibility index (Phi) is 20.9. The maximum Gasteiger partial charge on any atom is 3.00 e. The minimum atomic E-state index is 0. The van der Waals surface area contributed by atoms with E-state index in [1.165, 1.54) is 22.3 Å². The molecule has 2 atom stereocenters. The Labute approximate surface area is 241 Å². The molecule has 0 aliphatic heterocycles. The molecule has 3 nitrogen and oxygen atoms in total. The average molecular weight is 566 g/mol. The number of rotatable bonds is 8. The van der Waals surface area contributed by atoms with Crippen LogP contribution in [0.25, 0.3) is 28.1 Å². The van der Waals surface area contributed by atoms with Crippen molar-refractivity contribution in [3.63, 3.8) is 0 Å². The van der Waals surface area contributed by atoms with Crippen molar-refractivity contribution in [2.45, 2.75) is 60.3 Å². The molecule has 0 amide bonds. The Bertz CT molecular complexity index is 780. The van der Waals surface area contributed by atoms with E-state index < -0.39 is 0 Å². The maximum atomic E-state index is 3.97. The zero-order valence-corrected chi connectivity index (χ0v) is 26.2. The topological polar surface area (TPSA) is 42.3 Å². The Morgan fingerprint density at radius 3 is 1.14 bits per heavy atom.